The van der Waals surface area contributed by atoms with Crippen LogP contribution in [0.1, 0.15) is 15.9 Å². The summed E-state index contributed by atoms with van der Waals surface area (Å²) in [7, 11) is 0. The van der Waals surface area contributed by atoms with Crippen LogP contribution in [-0.4, -0.2) is 16.2 Å². The molecule has 1 heterocycles. The van der Waals surface area contributed by atoms with Crippen molar-refractivity contribution in [2.45, 2.75) is 0 Å². The number of carbonyl (C=O) groups is 1. The van der Waals surface area contributed by atoms with Gasteiger partial charge in [-0.3, -0.25) is 4.79 Å². The Labute approximate surface area is 122 Å². The molecule has 0 unspecified atom stereocenters. The fourth-order valence-electron chi connectivity index (χ4n) is 2.06. The molecule has 2 aromatic rings. The molecule has 0 radical (unpaired) electrons. The second-order valence-corrected chi connectivity index (χ2v) is 5.49. The summed E-state index contributed by atoms with van der Waals surface area (Å²) in [6, 6.07) is 11.7. The van der Waals surface area contributed by atoms with Gasteiger partial charge in [0.2, 0.25) is 5.69 Å². The van der Waals surface area contributed by atoms with Crippen LogP contribution in [0.5, 0.6) is 0 Å². The molecule has 0 fully saturated rings. The van der Waals surface area contributed by atoms with Gasteiger partial charge in [0.15, 0.2) is 0 Å². The van der Waals surface area contributed by atoms with Crippen LogP contribution >= 0.6 is 27.5 Å². The van der Waals surface area contributed by atoms with Gasteiger partial charge >= 0.3 is 0 Å². The zero-order valence-electron chi connectivity index (χ0n) is 9.56. The number of benzene rings is 2. The average molecular weight is 337 g/mol. The van der Waals surface area contributed by atoms with Gasteiger partial charge in [0.25, 0.3) is 11.5 Å². The van der Waals surface area contributed by atoms with Crippen LogP contribution in [0, 0.1) is 5.21 Å². The highest BCUT2D eigenvalue weighted by atomic mass is 79.9. The summed E-state index contributed by atoms with van der Waals surface area (Å²) in [6.45, 7) is 0. The highest BCUT2D eigenvalue weighted by Gasteiger charge is 2.36. The van der Waals surface area contributed by atoms with Gasteiger partial charge in [0, 0.05) is 15.6 Å². The van der Waals surface area contributed by atoms with Crippen molar-refractivity contribution >= 4 is 44.7 Å². The van der Waals surface area contributed by atoms with Gasteiger partial charge < -0.3 is 5.21 Å². The van der Waals surface area contributed by atoms with E-state index in [-0.39, 0.29) is 11.5 Å². The first-order chi connectivity index (χ1) is 9.08. The summed E-state index contributed by atoms with van der Waals surface area (Å²) >= 11 is 9.11. The molecule has 0 aliphatic carbocycles. The molecule has 2 aromatic carbocycles. The van der Waals surface area contributed by atoms with E-state index in [2.05, 4.69) is 15.9 Å². The molecule has 0 atom stereocenters. The molecule has 0 bridgehead atoms. The first-order valence-corrected chi connectivity index (χ1v) is 6.69. The van der Waals surface area contributed by atoms with E-state index < -0.39 is 0 Å². The monoisotopic (exact) mass is 335 g/mol. The molecule has 0 saturated heterocycles. The molecule has 0 N–H and O–H groups in total. The summed E-state index contributed by atoms with van der Waals surface area (Å²) in [5.74, 6) is -0.270. The van der Waals surface area contributed by atoms with Crippen LogP contribution in [0.4, 0.5) is 5.69 Å². The van der Waals surface area contributed by atoms with E-state index in [1.54, 1.807) is 42.5 Å². The second kappa shape index (κ2) is 4.47. The van der Waals surface area contributed by atoms with Gasteiger partial charge in [-0.1, -0.05) is 27.5 Å². The number of Topliss-reactive ketones (excluding diaryl/α,β-unsaturated/α-hetero) is 1. The summed E-state index contributed by atoms with van der Waals surface area (Å²) in [4.78, 5) is 12.3. The molecule has 0 spiro atoms. The molecular formula is C14H7BrClNO2. The van der Waals surface area contributed by atoms with E-state index in [0.29, 0.717) is 26.6 Å². The number of fused-ring (bicyclic) bond motifs is 1. The zero-order chi connectivity index (χ0) is 13.6. The minimum atomic E-state index is -0.270. The van der Waals surface area contributed by atoms with Crippen molar-refractivity contribution in [1.82, 2.24) is 0 Å². The van der Waals surface area contributed by atoms with Gasteiger partial charge in [-0.25, -0.2) is 0 Å². The minimum Gasteiger partial charge on any atom is -0.618 e. The van der Waals surface area contributed by atoms with Gasteiger partial charge in [-0.2, -0.15) is 4.74 Å². The third kappa shape index (κ3) is 1.97. The Morgan fingerprint density at radius 1 is 1.11 bits per heavy atom. The van der Waals surface area contributed by atoms with E-state index in [9.17, 15) is 10.0 Å². The van der Waals surface area contributed by atoms with Crippen molar-refractivity contribution in [2.24, 2.45) is 0 Å². The Kier molecular flexibility index (Phi) is 2.92. The molecule has 0 saturated carbocycles. The summed E-state index contributed by atoms with van der Waals surface area (Å²) in [5, 5.41) is 12.8. The first-order valence-electron chi connectivity index (χ1n) is 5.52. The van der Waals surface area contributed by atoms with E-state index in [4.69, 9.17) is 11.6 Å². The predicted octanol–water partition coefficient (Wildman–Crippen LogP) is 3.93. The third-order valence-electron chi connectivity index (χ3n) is 2.96. The summed E-state index contributed by atoms with van der Waals surface area (Å²) in [6.07, 6.45) is 0. The maximum absolute atomic E-state index is 12.3. The molecule has 3 nitrogen and oxygen atoms in total. The minimum absolute atomic E-state index is 0.129. The summed E-state index contributed by atoms with van der Waals surface area (Å²) < 4.78 is 1.44. The molecule has 3 rings (SSSR count). The first kappa shape index (κ1) is 12.4. The molecule has 1 aliphatic heterocycles. The Balaban J connectivity index is 2.17. The smallest absolute Gasteiger partial charge is 0.272 e. The van der Waals surface area contributed by atoms with Crippen LogP contribution in [0.25, 0.3) is 0 Å². The molecule has 0 aromatic heterocycles. The number of hydrogen-bond donors (Lipinski definition) is 0. The number of halogens is 2. The second-order valence-electron chi connectivity index (χ2n) is 4.14. The average Bonchev–Trinajstić information content (AvgIpc) is 2.63. The van der Waals surface area contributed by atoms with E-state index in [0.717, 1.165) is 4.47 Å². The standard InChI is InChI=1S/C14H7BrClNO2/c15-9-3-6-12-11(7-9)14(18)13(17(12)19)8-1-4-10(16)5-2-8/h1-7H. The predicted molar refractivity (Wildman–Crippen MR) is 77.3 cm³/mol. The lowest BCUT2D eigenvalue weighted by Gasteiger charge is -2.01. The quantitative estimate of drug-likeness (QED) is 0.585. The normalized spacial score (nSPS) is 13.9. The van der Waals surface area contributed by atoms with Crippen molar-refractivity contribution in [1.29, 1.82) is 0 Å². The zero-order valence-corrected chi connectivity index (χ0v) is 11.9. The Bertz CT molecular complexity index is 723. The number of nitrogens with zero attached hydrogens (tertiary/aromatic N) is 1. The third-order valence-corrected chi connectivity index (χ3v) is 3.70. The molecule has 19 heavy (non-hydrogen) atoms. The lowest BCUT2D eigenvalue weighted by molar-refractivity contribution is -0.355. The fourth-order valence-corrected chi connectivity index (χ4v) is 2.55. The molecule has 5 heteroatoms. The summed E-state index contributed by atoms with van der Waals surface area (Å²) in [5.41, 5.74) is 1.48. The van der Waals surface area contributed by atoms with Crippen molar-refractivity contribution in [3.63, 3.8) is 0 Å². The van der Waals surface area contributed by atoms with Gasteiger partial charge in [0.1, 0.15) is 5.56 Å². The van der Waals surface area contributed by atoms with Crippen LogP contribution < -0.4 is 0 Å². The fraction of sp³-hybridized carbons (Fsp3) is 0. The Morgan fingerprint density at radius 3 is 2.47 bits per heavy atom. The Hall–Kier alpha value is -1.65. The number of carbonyl (C=O) groups excluding carboxylic acids is 1. The lowest BCUT2D eigenvalue weighted by Crippen LogP contribution is -2.16. The molecular weight excluding hydrogens is 330 g/mol. The van der Waals surface area contributed by atoms with Gasteiger partial charge in [-0.05, 0) is 36.4 Å². The van der Waals surface area contributed by atoms with E-state index in [1.807, 2.05) is 0 Å². The van der Waals surface area contributed by atoms with Crippen molar-refractivity contribution in [2.75, 3.05) is 0 Å². The highest BCUT2D eigenvalue weighted by Crippen LogP contribution is 2.30. The Morgan fingerprint density at radius 2 is 1.79 bits per heavy atom. The van der Waals surface area contributed by atoms with Crippen LogP contribution in [0.3, 0.4) is 0 Å². The van der Waals surface area contributed by atoms with E-state index >= 15 is 0 Å². The van der Waals surface area contributed by atoms with Crippen LogP contribution in [0.2, 0.25) is 5.02 Å². The van der Waals surface area contributed by atoms with E-state index in [1.165, 1.54) is 0 Å². The lowest BCUT2D eigenvalue weighted by atomic mass is 10.0. The maximum atomic E-state index is 12.3. The molecule has 94 valence electrons. The van der Waals surface area contributed by atoms with Crippen molar-refractivity contribution in [3.05, 3.63) is 68.3 Å². The number of hydrogen-bond acceptors (Lipinski definition) is 2. The number of rotatable bonds is 1. The number of ketones is 1. The largest absolute Gasteiger partial charge is 0.618 e. The maximum Gasteiger partial charge on any atom is 0.272 e. The highest BCUT2D eigenvalue weighted by molar-refractivity contribution is 9.10. The SMILES string of the molecule is O=C1C(c2ccc(Cl)cc2)=[N+]([O-])c2ccc(Br)cc21. The van der Waals surface area contributed by atoms with Crippen molar-refractivity contribution in [3.8, 4) is 0 Å². The van der Waals surface area contributed by atoms with Crippen LogP contribution in [-0.2, 0) is 0 Å². The van der Waals surface area contributed by atoms with Crippen molar-refractivity contribution < 1.29 is 9.53 Å². The molecule has 1 aliphatic rings. The van der Waals surface area contributed by atoms with Gasteiger partial charge in [-0.15, -0.1) is 0 Å². The van der Waals surface area contributed by atoms with Crippen LogP contribution in [0.15, 0.2) is 46.9 Å². The topological polar surface area (TPSA) is 43.1 Å². The van der Waals surface area contributed by atoms with Gasteiger partial charge in [0.05, 0.1) is 5.56 Å². The molecule has 0 amide bonds.